The molecule has 0 atom stereocenters. The van der Waals surface area contributed by atoms with Crippen molar-refractivity contribution in [3.63, 3.8) is 0 Å². The zero-order valence-electron chi connectivity index (χ0n) is 7.45. The number of nitrogens with two attached hydrogens (primary N) is 1. The number of thiophene rings is 1. The quantitative estimate of drug-likeness (QED) is 0.729. The predicted molar refractivity (Wildman–Crippen MR) is 54.3 cm³/mol. The zero-order valence-corrected chi connectivity index (χ0v) is 8.27. The minimum absolute atomic E-state index is 0.175. The van der Waals surface area contributed by atoms with Crippen molar-refractivity contribution in [3.05, 3.63) is 21.9 Å². The third-order valence-electron chi connectivity index (χ3n) is 1.53. The summed E-state index contributed by atoms with van der Waals surface area (Å²) in [5, 5.41) is 14.4. The summed E-state index contributed by atoms with van der Waals surface area (Å²) in [6, 6.07) is 4.00. The molecule has 6 nitrogen and oxygen atoms in total. The number of aryl methyl sites for hydroxylation is 1. The maximum Gasteiger partial charge on any atom is 0.263 e. The third-order valence-corrected chi connectivity index (χ3v) is 2.47. The highest BCUT2D eigenvalue weighted by atomic mass is 32.1. The van der Waals surface area contributed by atoms with E-state index >= 15 is 0 Å². The molecule has 0 fully saturated rings. The summed E-state index contributed by atoms with van der Waals surface area (Å²) >= 11 is 1.64. The average molecular weight is 208 g/mol. The second kappa shape index (κ2) is 3.54. The highest BCUT2D eigenvalue weighted by Crippen LogP contribution is 2.12. The molecule has 0 amide bonds. The van der Waals surface area contributed by atoms with Gasteiger partial charge in [-0.15, -0.1) is 11.3 Å². The first-order chi connectivity index (χ1) is 6.75. The summed E-state index contributed by atoms with van der Waals surface area (Å²) in [4.78, 5) is 3.45. The van der Waals surface area contributed by atoms with E-state index in [1.165, 1.54) is 9.67 Å². The van der Waals surface area contributed by atoms with Crippen molar-refractivity contribution in [2.24, 2.45) is 5.10 Å². The number of anilines is 1. The van der Waals surface area contributed by atoms with Crippen molar-refractivity contribution < 1.29 is 0 Å². The van der Waals surface area contributed by atoms with Gasteiger partial charge in [-0.3, -0.25) is 0 Å². The second-order valence-corrected chi connectivity index (χ2v) is 3.94. The van der Waals surface area contributed by atoms with Gasteiger partial charge in [0.2, 0.25) is 0 Å². The smallest absolute Gasteiger partial charge is 0.263 e. The molecule has 2 aromatic rings. The fraction of sp³-hybridized carbons (Fsp3) is 0.143. The maximum atomic E-state index is 5.43. The molecule has 0 aliphatic carbocycles. The predicted octanol–water partition coefficient (Wildman–Crippen LogP) is 0.507. The average Bonchev–Trinajstić information content (AvgIpc) is 2.72. The molecular formula is C7H8N6S. The molecule has 0 spiro atoms. The Morgan fingerprint density at radius 1 is 1.57 bits per heavy atom. The molecule has 0 aromatic carbocycles. The van der Waals surface area contributed by atoms with Crippen LogP contribution < -0.4 is 5.73 Å². The lowest BCUT2D eigenvalue weighted by Crippen LogP contribution is -1.99. The molecule has 0 aliphatic heterocycles. The normalized spacial score (nSPS) is 11.2. The van der Waals surface area contributed by atoms with Gasteiger partial charge in [0.05, 0.1) is 6.21 Å². The van der Waals surface area contributed by atoms with Crippen LogP contribution in [0.25, 0.3) is 0 Å². The minimum atomic E-state index is 0.175. The molecule has 0 unspecified atom stereocenters. The molecule has 7 heteroatoms. The molecule has 2 heterocycles. The fourth-order valence-corrected chi connectivity index (χ4v) is 1.65. The molecule has 72 valence electrons. The van der Waals surface area contributed by atoms with Crippen molar-refractivity contribution in [2.75, 3.05) is 5.73 Å². The van der Waals surface area contributed by atoms with E-state index in [2.05, 4.69) is 20.6 Å². The number of aromatic nitrogens is 4. The van der Waals surface area contributed by atoms with Crippen LogP contribution in [0.5, 0.6) is 0 Å². The van der Waals surface area contributed by atoms with E-state index in [1.807, 2.05) is 19.1 Å². The van der Waals surface area contributed by atoms with Crippen LogP contribution in [0.2, 0.25) is 0 Å². The van der Waals surface area contributed by atoms with Crippen LogP contribution in [0, 0.1) is 6.92 Å². The van der Waals surface area contributed by atoms with Gasteiger partial charge < -0.3 is 5.73 Å². The van der Waals surface area contributed by atoms with Crippen LogP contribution in [0.1, 0.15) is 9.75 Å². The van der Waals surface area contributed by atoms with Crippen LogP contribution >= 0.6 is 11.3 Å². The Morgan fingerprint density at radius 3 is 3.00 bits per heavy atom. The number of nitrogens with zero attached hydrogens (tertiary/aromatic N) is 5. The van der Waals surface area contributed by atoms with Crippen LogP contribution in [-0.2, 0) is 0 Å². The highest BCUT2D eigenvalue weighted by Gasteiger charge is 1.97. The van der Waals surface area contributed by atoms with E-state index in [9.17, 15) is 0 Å². The standard InChI is InChI=1S/C7H8N6S/c1-5-2-3-6(14-5)4-9-13-7(8)10-11-12-13/h2-4H,1H3,(H2,8,10,12)/b9-4+. The van der Waals surface area contributed by atoms with Crippen molar-refractivity contribution >= 4 is 23.5 Å². The molecule has 0 saturated heterocycles. The van der Waals surface area contributed by atoms with Crippen LogP contribution in [0.4, 0.5) is 5.95 Å². The SMILES string of the molecule is Cc1ccc(/C=N/n2nnnc2N)s1. The Morgan fingerprint density at radius 2 is 2.43 bits per heavy atom. The summed E-state index contributed by atoms with van der Waals surface area (Å²) in [7, 11) is 0. The van der Waals surface area contributed by atoms with Crippen molar-refractivity contribution in [1.82, 2.24) is 20.3 Å². The summed E-state index contributed by atoms with van der Waals surface area (Å²) in [5.41, 5.74) is 5.43. The van der Waals surface area contributed by atoms with Gasteiger partial charge in [-0.1, -0.05) is 9.89 Å². The molecule has 0 saturated carbocycles. The number of tetrazole rings is 1. The van der Waals surface area contributed by atoms with E-state index in [-0.39, 0.29) is 5.95 Å². The first kappa shape index (κ1) is 8.82. The maximum absolute atomic E-state index is 5.43. The molecule has 0 aliphatic rings. The van der Waals surface area contributed by atoms with Gasteiger partial charge in [0.15, 0.2) is 0 Å². The van der Waals surface area contributed by atoms with E-state index in [0.717, 1.165) is 4.88 Å². The van der Waals surface area contributed by atoms with E-state index in [4.69, 9.17) is 5.73 Å². The van der Waals surface area contributed by atoms with Gasteiger partial charge in [-0.05, 0) is 29.5 Å². The van der Waals surface area contributed by atoms with Gasteiger partial charge in [-0.2, -0.15) is 5.10 Å². The number of nitrogen functional groups attached to an aromatic ring is 1. The molecule has 0 radical (unpaired) electrons. The molecule has 2 N–H and O–H groups in total. The summed E-state index contributed by atoms with van der Waals surface area (Å²) < 4.78 is 0. The first-order valence-corrected chi connectivity index (χ1v) is 4.72. The third kappa shape index (κ3) is 1.77. The summed E-state index contributed by atoms with van der Waals surface area (Å²) in [6.07, 6.45) is 1.67. The van der Waals surface area contributed by atoms with E-state index in [0.29, 0.717) is 0 Å². The van der Waals surface area contributed by atoms with E-state index in [1.54, 1.807) is 17.6 Å². The van der Waals surface area contributed by atoms with Gasteiger partial charge >= 0.3 is 0 Å². The van der Waals surface area contributed by atoms with Crippen LogP contribution in [-0.4, -0.2) is 26.5 Å². The minimum Gasteiger partial charge on any atom is -0.365 e. The van der Waals surface area contributed by atoms with Crippen molar-refractivity contribution in [3.8, 4) is 0 Å². The number of hydrogen-bond donors (Lipinski definition) is 1. The Labute approximate surface area is 84.0 Å². The van der Waals surface area contributed by atoms with Crippen molar-refractivity contribution in [1.29, 1.82) is 0 Å². The number of rotatable bonds is 2. The summed E-state index contributed by atoms with van der Waals surface area (Å²) in [6.45, 7) is 2.04. The fourth-order valence-electron chi connectivity index (χ4n) is 0.906. The molecule has 2 rings (SSSR count). The monoisotopic (exact) mass is 208 g/mol. The van der Waals surface area contributed by atoms with Crippen LogP contribution in [0.3, 0.4) is 0 Å². The van der Waals surface area contributed by atoms with Crippen molar-refractivity contribution in [2.45, 2.75) is 6.92 Å². The zero-order chi connectivity index (χ0) is 9.97. The first-order valence-electron chi connectivity index (χ1n) is 3.90. The molecule has 14 heavy (non-hydrogen) atoms. The van der Waals surface area contributed by atoms with Gasteiger partial charge in [0.25, 0.3) is 5.95 Å². The Balaban J connectivity index is 2.19. The van der Waals surface area contributed by atoms with Crippen LogP contribution in [0.15, 0.2) is 17.2 Å². The lowest BCUT2D eigenvalue weighted by molar-refractivity contribution is 0.700. The second-order valence-electron chi connectivity index (χ2n) is 2.62. The lowest BCUT2D eigenvalue weighted by Gasteiger charge is -1.88. The van der Waals surface area contributed by atoms with Gasteiger partial charge in [-0.25, -0.2) is 0 Å². The molecule has 0 bridgehead atoms. The number of hydrogen-bond acceptors (Lipinski definition) is 6. The Bertz CT molecular complexity index is 456. The van der Waals surface area contributed by atoms with Gasteiger partial charge in [0.1, 0.15) is 0 Å². The summed E-state index contributed by atoms with van der Waals surface area (Å²) in [5.74, 6) is 0.175. The van der Waals surface area contributed by atoms with E-state index < -0.39 is 0 Å². The highest BCUT2D eigenvalue weighted by molar-refractivity contribution is 7.13. The Kier molecular flexibility index (Phi) is 2.23. The largest absolute Gasteiger partial charge is 0.365 e. The topological polar surface area (TPSA) is 82.0 Å². The lowest BCUT2D eigenvalue weighted by atomic mass is 10.4. The molecular weight excluding hydrogens is 200 g/mol. The molecule has 2 aromatic heterocycles. The van der Waals surface area contributed by atoms with Gasteiger partial charge in [0, 0.05) is 9.75 Å². The Hall–Kier alpha value is -1.76.